The second-order valence-electron chi connectivity index (χ2n) is 9.01. The number of rotatable bonds is 9. The summed E-state index contributed by atoms with van der Waals surface area (Å²) in [4.78, 5) is 26.5. The first-order valence-electron chi connectivity index (χ1n) is 12.8. The summed E-state index contributed by atoms with van der Waals surface area (Å²) in [7, 11) is 0. The highest BCUT2D eigenvalue weighted by atomic mass is 32.2. The van der Waals surface area contributed by atoms with Crippen LogP contribution in [-0.2, 0) is 0 Å². The molecule has 0 saturated heterocycles. The Morgan fingerprint density at radius 2 is 1.78 bits per heavy atom. The highest BCUT2D eigenvalue weighted by molar-refractivity contribution is 7.99. The highest BCUT2D eigenvalue weighted by Crippen LogP contribution is 2.30. The molecule has 0 fully saturated rings. The third kappa shape index (κ3) is 5.03. The van der Waals surface area contributed by atoms with E-state index in [4.69, 9.17) is 15.1 Å². The number of benzene rings is 2. The molecule has 0 spiro atoms. The first kappa shape index (κ1) is 25.9. The first-order valence-corrected chi connectivity index (χ1v) is 13.7. The molecule has 6 nitrogen and oxygen atoms in total. The molecule has 3 aromatic rings. The van der Waals surface area contributed by atoms with Gasteiger partial charge in [0.15, 0.2) is 5.82 Å². The van der Waals surface area contributed by atoms with Gasteiger partial charge in [0.1, 0.15) is 11.4 Å². The average Bonchev–Trinajstić information content (AvgIpc) is 3.23. The van der Waals surface area contributed by atoms with Crippen molar-refractivity contribution in [2.24, 2.45) is 10.1 Å². The molecule has 1 aliphatic heterocycles. The number of hydrogen-bond donors (Lipinski definition) is 0. The van der Waals surface area contributed by atoms with Crippen LogP contribution in [0.3, 0.4) is 0 Å². The van der Waals surface area contributed by atoms with Crippen LogP contribution in [0, 0.1) is 20.8 Å². The minimum absolute atomic E-state index is 0.148. The molecular weight excluding hydrogens is 466 g/mol. The Morgan fingerprint density at radius 3 is 2.47 bits per heavy atom. The molecule has 0 radical (unpaired) electrons. The van der Waals surface area contributed by atoms with E-state index in [0.717, 1.165) is 53.4 Å². The zero-order valence-corrected chi connectivity index (χ0v) is 22.9. The van der Waals surface area contributed by atoms with Crippen LogP contribution in [0.5, 0.6) is 0 Å². The number of nitrogens with zero attached hydrogens (tertiary/aromatic N) is 5. The topological polar surface area (TPSA) is 62.9 Å². The SMILES string of the molecule is CCCCSc1ccccc1C1=Nn2c(nc(C)c(C)c2=O)C1=Nc1ccc(N(CC)CC)cc1C. The van der Waals surface area contributed by atoms with Crippen LogP contribution in [-0.4, -0.2) is 39.9 Å². The Hall–Kier alpha value is -3.19. The number of aliphatic imine (C=N–C) groups is 1. The van der Waals surface area contributed by atoms with Gasteiger partial charge in [-0.05, 0) is 76.6 Å². The lowest BCUT2D eigenvalue weighted by atomic mass is 10.0. The van der Waals surface area contributed by atoms with Crippen LogP contribution >= 0.6 is 11.8 Å². The van der Waals surface area contributed by atoms with E-state index < -0.39 is 0 Å². The first-order chi connectivity index (χ1) is 17.4. The smallest absolute Gasteiger partial charge is 0.277 e. The third-order valence-corrected chi connectivity index (χ3v) is 7.76. The second kappa shape index (κ2) is 11.2. The van der Waals surface area contributed by atoms with Crippen molar-refractivity contribution in [3.63, 3.8) is 0 Å². The molecule has 2 aromatic carbocycles. The Balaban J connectivity index is 1.88. The predicted molar refractivity (Wildman–Crippen MR) is 153 cm³/mol. The molecule has 188 valence electrons. The molecule has 1 aliphatic rings. The Bertz CT molecular complexity index is 1380. The van der Waals surface area contributed by atoms with Crippen LogP contribution in [0.1, 0.15) is 61.8 Å². The molecule has 2 heterocycles. The Labute approximate surface area is 218 Å². The van der Waals surface area contributed by atoms with E-state index in [2.05, 4.69) is 62.9 Å². The lowest BCUT2D eigenvalue weighted by molar-refractivity contribution is 0.779. The molecule has 0 bridgehead atoms. The fraction of sp³-hybridized carbons (Fsp3) is 0.379. The van der Waals surface area contributed by atoms with Gasteiger partial charge in [-0.2, -0.15) is 9.78 Å². The quantitative estimate of drug-likeness (QED) is 0.255. The van der Waals surface area contributed by atoms with E-state index in [1.807, 2.05) is 30.8 Å². The number of aryl methyl sites for hydroxylation is 2. The van der Waals surface area contributed by atoms with E-state index in [-0.39, 0.29) is 5.56 Å². The van der Waals surface area contributed by atoms with Crippen molar-refractivity contribution >= 4 is 34.6 Å². The van der Waals surface area contributed by atoms with Crippen molar-refractivity contribution in [2.45, 2.75) is 59.3 Å². The molecule has 4 rings (SSSR count). The lowest BCUT2D eigenvalue weighted by Crippen LogP contribution is -2.24. The van der Waals surface area contributed by atoms with Gasteiger partial charge in [-0.3, -0.25) is 4.79 Å². The summed E-state index contributed by atoms with van der Waals surface area (Å²) in [6, 6.07) is 14.6. The van der Waals surface area contributed by atoms with Crippen LogP contribution in [0.25, 0.3) is 0 Å². The predicted octanol–water partition coefficient (Wildman–Crippen LogP) is 6.29. The monoisotopic (exact) mass is 501 g/mol. The van der Waals surface area contributed by atoms with E-state index >= 15 is 0 Å². The van der Waals surface area contributed by atoms with Gasteiger partial charge in [0.25, 0.3) is 5.56 Å². The molecule has 0 unspecified atom stereocenters. The summed E-state index contributed by atoms with van der Waals surface area (Å²) in [5.41, 5.74) is 6.57. The minimum Gasteiger partial charge on any atom is -0.372 e. The van der Waals surface area contributed by atoms with Crippen molar-refractivity contribution in [3.8, 4) is 0 Å². The number of anilines is 1. The molecular formula is C29H35N5OS. The van der Waals surface area contributed by atoms with E-state index in [1.54, 1.807) is 6.92 Å². The number of fused-ring (bicyclic) bond motifs is 1. The Kier molecular flexibility index (Phi) is 8.09. The summed E-state index contributed by atoms with van der Waals surface area (Å²) in [5, 5.41) is 4.80. The van der Waals surface area contributed by atoms with Gasteiger partial charge in [0, 0.05) is 40.5 Å². The fourth-order valence-electron chi connectivity index (χ4n) is 4.27. The number of thioether (sulfide) groups is 1. The van der Waals surface area contributed by atoms with Gasteiger partial charge >= 0.3 is 0 Å². The maximum Gasteiger partial charge on any atom is 0.277 e. The number of unbranched alkanes of at least 4 members (excludes halogenated alkanes) is 1. The zero-order valence-electron chi connectivity index (χ0n) is 22.1. The normalized spacial score (nSPS) is 13.7. The second-order valence-corrected chi connectivity index (χ2v) is 10.1. The summed E-state index contributed by atoms with van der Waals surface area (Å²) < 4.78 is 1.42. The van der Waals surface area contributed by atoms with E-state index in [9.17, 15) is 4.79 Å². The van der Waals surface area contributed by atoms with Crippen LogP contribution < -0.4 is 10.5 Å². The molecule has 0 N–H and O–H groups in total. The number of hydrogen-bond acceptors (Lipinski definition) is 6. The van der Waals surface area contributed by atoms with Crippen molar-refractivity contribution in [3.05, 3.63) is 81.0 Å². The van der Waals surface area contributed by atoms with Gasteiger partial charge in [-0.15, -0.1) is 11.8 Å². The van der Waals surface area contributed by atoms with Gasteiger partial charge in [-0.1, -0.05) is 31.5 Å². The Morgan fingerprint density at radius 1 is 1.03 bits per heavy atom. The molecule has 0 aliphatic carbocycles. The summed E-state index contributed by atoms with van der Waals surface area (Å²) in [5.74, 6) is 1.53. The van der Waals surface area contributed by atoms with Gasteiger partial charge in [-0.25, -0.2) is 9.98 Å². The zero-order chi connectivity index (χ0) is 25.8. The number of aromatic nitrogens is 2. The van der Waals surface area contributed by atoms with Crippen LogP contribution in [0.15, 0.2) is 62.2 Å². The fourth-order valence-corrected chi connectivity index (χ4v) is 5.42. The summed E-state index contributed by atoms with van der Waals surface area (Å²) in [6.07, 6.45) is 2.29. The van der Waals surface area contributed by atoms with Gasteiger partial charge in [0.05, 0.1) is 5.69 Å². The largest absolute Gasteiger partial charge is 0.372 e. The third-order valence-electron chi connectivity index (χ3n) is 6.61. The standard InChI is InChI=1S/C29H35N5OS/c1-7-10-17-36-25-14-12-11-13-23(25)26-27(28-30-21(6)20(5)29(35)34(28)32-26)31-24-16-15-22(18-19(24)4)33(8-2)9-3/h11-16,18H,7-10,17H2,1-6H3. The maximum absolute atomic E-state index is 13.2. The minimum atomic E-state index is -0.148. The van der Waals surface area contributed by atoms with Gasteiger partial charge in [0.2, 0.25) is 0 Å². The highest BCUT2D eigenvalue weighted by Gasteiger charge is 2.30. The summed E-state index contributed by atoms with van der Waals surface area (Å²) >= 11 is 1.82. The lowest BCUT2D eigenvalue weighted by Gasteiger charge is -2.21. The molecule has 36 heavy (non-hydrogen) atoms. The van der Waals surface area contributed by atoms with E-state index in [0.29, 0.717) is 28.5 Å². The summed E-state index contributed by atoms with van der Waals surface area (Å²) in [6.45, 7) is 14.2. The maximum atomic E-state index is 13.2. The molecule has 0 atom stereocenters. The van der Waals surface area contributed by atoms with Crippen LogP contribution in [0.2, 0.25) is 0 Å². The molecule has 0 amide bonds. The van der Waals surface area contributed by atoms with Crippen molar-refractivity contribution in [1.82, 2.24) is 9.66 Å². The molecule has 7 heteroatoms. The average molecular weight is 502 g/mol. The van der Waals surface area contributed by atoms with Crippen LogP contribution in [0.4, 0.5) is 11.4 Å². The molecule has 0 saturated carbocycles. The van der Waals surface area contributed by atoms with E-state index in [1.165, 1.54) is 10.4 Å². The van der Waals surface area contributed by atoms with Gasteiger partial charge < -0.3 is 4.90 Å². The van der Waals surface area contributed by atoms with Crippen molar-refractivity contribution in [2.75, 3.05) is 23.7 Å². The molecule has 1 aromatic heterocycles. The van der Waals surface area contributed by atoms with Crippen molar-refractivity contribution < 1.29 is 0 Å². The van der Waals surface area contributed by atoms with Crippen molar-refractivity contribution in [1.29, 1.82) is 0 Å².